The Bertz CT molecular complexity index is 511. The Labute approximate surface area is 106 Å². The lowest BCUT2D eigenvalue weighted by Gasteiger charge is -2.12. The van der Waals surface area contributed by atoms with Crippen molar-refractivity contribution in [2.24, 2.45) is 0 Å². The van der Waals surface area contributed by atoms with Crippen molar-refractivity contribution in [3.63, 3.8) is 0 Å². The molecule has 0 aliphatic heterocycles. The largest absolute Gasteiger partial charge is 0.345 e. The second-order valence-electron chi connectivity index (χ2n) is 4.11. The van der Waals surface area contributed by atoms with Crippen LogP contribution in [0.4, 0.5) is 4.39 Å². The highest BCUT2D eigenvalue weighted by Gasteiger charge is 2.14. The van der Waals surface area contributed by atoms with Crippen molar-refractivity contribution >= 4 is 11.6 Å². The summed E-state index contributed by atoms with van der Waals surface area (Å²) < 4.78 is 16.0. The minimum Gasteiger partial charge on any atom is -0.345 e. The normalized spacial score (nSPS) is 10.8. The van der Waals surface area contributed by atoms with Crippen LogP contribution in [0.15, 0.2) is 30.3 Å². The molecule has 0 N–H and O–H groups in total. The van der Waals surface area contributed by atoms with Gasteiger partial charge in [-0.1, -0.05) is 24.6 Å². The predicted octanol–water partition coefficient (Wildman–Crippen LogP) is 4.67. The highest BCUT2D eigenvalue weighted by molar-refractivity contribution is 6.33. The molecule has 0 radical (unpaired) electrons. The Morgan fingerprint density at radius 3 is 2.65 bits per heavy atom. The zero-order valence-electron chi connectivity index (χ0n) is 10.0. The first-order valence-corrected chi connectivity index (χ1v) is 6.13. The topological polar surface area (TPSA) is 4.93 Å². The highest BCUT2D eigenvalue weighted by Crippen LogP contribution is 2.32. The number of halogens is 2. The first-order chi connectivity index (χ1) is 8.15. The minimum absolute atomic E-state index is 0.270. The average Bonchev–Trinajstić information content (AvgIpc) is 2.62. The Morgan fingerprint density at radius 1 is 1.24 bits per heavy atom. The molecule has 0 spiro atoms. The van der Waals surface area contributed by atoms with Gasteiger partial charge in [-0.3, -0.25) is 0 Å². The Morgan fingerprint density at radius 2 is 2.00 bits per heavy atom. The lowest BCUT2D eigenvalue weighted by atomic mass is 10.1. The van der Waals surface area contributed by atoms with Crippen molar-refractivity contribution in [3.05, 3.63) is 46.9 Å². The van der Waals surface area contributed by atoms with Crippen LogP contribution in [0, 0.1) is 12.7 Å². The summed E-state index contributed by atoms with van der Waals surface area (Å²) in [5.41, 5.74) is 2.48. The van der Waals surface area contributed by atoms with Gasteiger partial charge in [-0.15, -0.1) is 0 Å². The number of nitrogens with zero attached hydrogens (tertiary/aromatic N) is 1. The molecule has 0 atom stereocenters. The molecule has 3 heteroatoms. The molecule has 1 heterocycles. The van der Waals surface area contributed by atoms with Crippen molar-refractivity contribution in [2.75, 3.05) is 0 Å². The fraction of sp³-hybridized carbons (Fsp3) is 0.286. The summed E-state index contributed by atoms with van der Waals surface area (Å²) >= 11 is 6.09. The molecule has 0 bridgehead atoms. The highest BCUT2D eigenvalue weighted by atomic mass is 35.5. The van der Waals surface area contributed by atoms with Gasteiger partial charge in [0.1, 0.15) is 5.82 Å². The molecule has 0 saturated heterocycles. The Kier molecular flexibility index (Phi) is 3.53. The average molecular weight is 252 g/mol. The van der Waals surface area contributed by atoms with E-state index in [9.17, 15) is 4.39 Å². The molecule has 0 fully saturated rings. The van der Waals surface area contributed by atoms with E-state index in [-0.39, 0.29) is 5.82 Å². The van der Waals surface area contributed by atoms with Gasteiger partial charge >= 0.3 is 0 Å². The van der Waals surface area contributed by atoms with E-state index < -0.39 is 0 Å². The fourth-order valence-corrected chi connectivity index (χ4v) is 2.31. The zero-order valence-corrected chi connectivity index (χ0v) is 10.8. The quantitative estimate of drug-likeness (QED) is 0.747. The minimum atomic E-state index is -0.270. The lowest BCUT2D eigenvalue weighted by Crippen LogP contribution is -2.02. The van der Waals surface area contributed by atoms with Crippen molar-refractivity contribution < 1.29 is 4.39 Å². The predicted molar refractivity (Wildman–Crippen MR) is 69.9 cm³/mol. The number of hydrogen-bond donors (Lipinski definition) is 0. The van der Waals surface area contributed by atoms with Crippen LogP contribution in [0.1, 0.15) is 19.0 Å². The molecule has 0 aliphatic carbocycles. The van der Waals surface area contributed by atoms with Gasteiger partial charge in [0.05, 0.1) is 16.3 Å². The van der Waals surface area contributed by atoms with Crippen LogP contribution in [-0.4, -0.2) is 4.57 Å². The van der Waals surface area contributed by atoms with Crippen molar-refractivity contribution in [1.29, 1.82) is 0 Å². The van der Waals surface area contributed by atoms with E-state index in [1.54, 1.807) is 12.1 Å². The number of hydrogen-bond acceptors (Lipinski definition) is 0. The molecule has 0 amide bonds. The molecule has 17 heavy (non-hydrogen) atoms. The van der Waals surface area contributed by atoms with E-state index in [0.29, 0.717) is 10.6 Å². The summed E-state index contributed by atoms with van der Waals surface area (Å²) in [5.74, 6) is -0.270. The Balaban J connectivity index is 2.60. The molecule has 90 valence electrons. The van der Waals surface area contributed by atoms with Gasteiger partial charge in [-0.05, 0) is 37.6 Å². The Hall–Kier alpha value is -1.28. The summed E-state index contributed by atoms with van der Waals surface area (Å²) in [6.07, 6.45) is 1.01. The van der Waals surface area contributed by atoms with Crippen molar-refractivity contribution in [3.8, 4) is 11.3 Å². The molecule has 0 aliphatic rings. The maximum atomic E-state index is 13.9. The van der Waals surface area contributed by atoms with E-state index in [0.717, 1.165) is 24.4 Å². The van der Waals surface area contributed by atoms with Crippen LogP contribution in [0.2, 0.25) is 5.02 Å². The second kappa shape index (κ2) is 4.92. The molecule has 2 rings (SSSR count). The maximum absolute atomic E-state index is 13.9. The van der Waals surface area contributed by atoms with Gasteiger partial charge in [0.25, 0.3) is 0 Å². The van der Waals surface area contributed by atoms with Crippen molar-refractivity contribution in [1.82, 2.24) is 4.57 Å². The van der Waals surface area contributed by atoms with E-state index in [1.807, 2.05) is 19.1 Å². The van der Waals surface area contributed by atoms with E-state index in [1.165, 1.54) is 6.07 Å². The summed E-state index contributed by atoms with van der Waals surface area (Å²) in [6.45, 7) is 5.00. The summed E-state index contributed by atoms with van der Waals surface area (Å²) in [5, 5.41) is 0.459. The summed E-state index contributed by atoms with van der Waals surface area (Å²) in [7, 11) is 0. The van der Waals surface area contributed by atoms with Gasteiger partial charge < -0.3 is 4.57 Å². The fourth-order valence-electron chi connectivity index (χ4n) is 2.05. The van der Waals surface area contributed by atoms with Crippen molar-refractivity contribution in [2.45, 2.75) is 26.8 Å². The van der Waals surface area contributed by atoms with Crippen LogP contribution in [0.25, 0.3) is 11.3 Å². The second-order valence-corrected chi connectivity index (χ2v) is 4.52. The molecule has 0 saturated carbocycles. The van der Waals surface area contributed by atoms with E-state index in [2.05, 4.69) is 11.5 Å². The van der Waals surface area contributed by atoms with Crippen LogP contribution >= 0.6 is 11.6 Å². The van der Waals surface area contributed by atoms with Crippen LogP contribution in [0.5, 0.6) is 0 Å². The molecule has 0 unspecified atom stereocenters. The van der Waals surface area contributed by atoms with Crippen LogP contribution < -0.4 is 0 Å². The SMILES string of the molecule is CCCn1c(C)ccc1-c1c(F)cccc1Cl. The molecule has 2 aromatic rings. The van der Waals surface area contributed by atoms with Gasteiger partial charge in [-0.25, -0.2) is 4.39 Å². The van der Waals surface area contributed by atoms with Crippen LogP contribution in [0.3, 0.4) is 0 Å². The third-order valence-corrected chi connectivity index (χ3v) is 3.18. The number of aromatic nitrogens is 1. The number of aryl methyl sites for hydroxylation is 1. The van der Waals surface area contributed by atoms with Gasteiger partial charge in [0.2, 0.25) is 0 Å². The molecular weight excluding hydrogens is 237 g/mol. The summed E-state index contributed by atoms with van der Waals surface area (Å²) in [6, 6.07) is 8.71. The zero-order chi connectivity index (χ0) is 12.4. The monoisotopic (exact) mass is 251 g/mol. The van der Waals surface area contributed by atoms with Crippen LogP contribution in [-0.2, 0) is 6.54 Å². The van der Waals surface area contributed by atoms with E-state index >= 15 is 0 Å². The lowest BCUT2D eigenvalue weighted by molar-refractivity contribution is 0.624. The molecular formula is C14H15ClFN. The summed E-state index contributed by atoms with van der Waals surface area (Å²) in [4.78, 5) is 0. The van der Waals surface area contributed by atoms with Gasteiger partial charge in [0, 0.05) is 12.2 Å². The first kappa shape index (κ1) is 12.2. The van der Waals surface area contributed by atoms with E-state index in [4.69, 9.17) is 11.6 Å². The number of benzene rings is 1. The standard InChI is InChI=1S/C14H15ClFN/c1-3-9-17-10(2)7-8-13(17)14-11(15)5-4-6-12(14)16/h4-8H,3,9H2,1-2H3. The third kappa shape index (κ3) is 2.22. The third-order valence-electron chi connectivity index (χ3n) is 2.87. The molecule has 1 aromatic carbocycles. The molecule has 1 aromatic heterocycles. The smallest absolute Gasteiger partial charge is 0.134 e. The molecule has 1 nitrogen and oxygen atoms in total. The maximum Gasteiger partial charge on any atom is 0.134 e. The number of rotatable bonds is 3. The van der Waals surface area contributed by atoms with Gasteiger partial charge in [-0.2, -0.15) is 0 Å². The first-order valence-electron chi connectivity index (χ1n) is 5.75. The van der Waals surface area contributed by atoms with Gasteiger partial charge in [0.15, 0.2) is 0 Å².